The van der Waals surface area contributed by atoms with Crippen LogP contribution in [0.4, 0.5) is 0 Å². The Balaban J connectivity index is 5.48. The third kappa shape index (κ3) is 8.29. The molecule has 0 aliphatic rings. The van der Waals surface area contributed by atoms with Crippen LogP contribution in [0.2, 0.25) is 0 Å². The highest BCUT2D eigenvalue weighted by molar-refractivity contribution is 5.28. The van der Waals surface area contributed by atoms with E-state index in [-0.39, 0.29) is 0 Å². The van der Waals surface area contributed by atoms with Gasteiger partial charge in [-0.25, -0.2) is 0 Å². The minimum atomic E-state index is 0.331. The molecule has 0 heterocycles. The summed E-state index contributed by atoms with van der Waals surface area (Å²) < 4.78 is 0. The molecule has 0 heteroatoms. The van der Waals surface area contributed by atoms with Crippen molar-refractivity contribution >= 4 is 0 Å². The molecule has 0 nitrogen and oxygen atoms in total. The lowest BCUT2D eigenvalue weighted by Crippen LogP contribution is -2.28. The second-order valence-corrected chi connectivity index (χ2v) is 8.04. The summed E-state index contributed by atoms with van der Waals surface area (Å²) in [6, 6.07) is 0. The molecular weight excluding hydrogens is 252 g/mol. The van der Waals surface area contributed by atoms with Gasteiger partial charge in [0.1, 0.15) is 0 Å². The smallest absolute Gasteiger partial charge is 0.0106 e. The maximum absolute atomic E-state index is 2.41. The van der Waals surface area contributed by atoms with E-state index < -0.39 is 0 Å². The van der Waals surface area contributed by atoms with Crippen molar-refractivity contribution in [3.63, 3.8) is 0 Å². The molecule has 0 spiro atoms. The summed E-state index contributed by atoms with van der Waals surface area (Å²) in [6.45, 7) is 18.5. The molecule has 0 aromatic carbocycles. The second kappa shape index (κ2) is 9.28. The van der Waals surface area contributed by atoms with Crippen molar-refractivity contribution in [1.82, 2.24) is 0 Å². The Kier molecular flexibility index (Phi) is 8.94. The summed E-state index contributed by atoms with van der Waals surface area (Å²) in [7, 11) is 0. The number of unbranched alkanes of at least 4 members (excludes halogenated alkanes) is 1. The Morgan fingerprint density at radius 1 is 1.05 bits per heavy atom. The lowest BCUT2D eigenvalue weighted by Gasteiger charge is -2.38. The zero-order chi connectivity index (χ0) is 16.5. The third-order valence-corrected chi connectivity index (χ3v) is 4.31. The zero-order valence-electron chi connectivity index (χ0n) is 15.8. The molecule has 0 rings (SSSR count). The van der Waals surface area contributed by atoms with Gasteiger partial charge in [0.25, 0.3) is 0 Å². The molecule has 0 radical (unpaired) electrons. The average Bonchev–Trinajstić information content (AvgIpc) is 2.39. The SMILES string of the molecule is CC=CC(=CC=CCCC)C(CC(C)(C)C)C(C)(C)CC. The van der Waals surface area contributed by atoms with Crippen molar-refractivity contribution in [2.45, 2.75) is 81.1 Å². The van der Waals surface area contributed by atoms with Crippen LogP contribution in [-0.4, -0.2) is 0 Å². The predicted molar refractivity (Wildman–Crippen MR) is 98.6 cm³/mol. The molecule has 0 aliphatic carbocycles. The van der Waals surface area contributed by atoms with Crippen LogP contribution in [0, 0.1) is 16.7 Å². The molecule has 0 fully saturated rings. The van der Waals surface area contributed by atoms with Gasteiger partial charge in [-0.05, 0) is 42.1 Å². The first kappa shape index (κ1) is 20.2. The largest absolute Gasteiger partial charge is 0.0874 e. The topological polar surface area (TPSA) is 0 Å². The van der Waals surface area contributed by atoms with E-state index in [1.807, 2.05) is 0 Å². The first-order valence-corrected chi connectivity index (χ1v) is 8.67. The van der Waals surface area contributed by atoms with Gasteiger partial charge in [-0.3, -0.25) is 0 Å². The normalized spacial score (nSPS) is 16.1. The summed E-state index contributed by atoms with van der Waals surface area (Å²) in [5.41, 5.74) is 2.16. The van der Waals surface area contributed by atoms with Gasteiger partial charge in [0, 0.05) is 0 Å². The zero-order valence-corrected chi connectivity index (χ0v) is 15.8. The molecule has 0 aromatic heterocycles. The molecule has 21 heavy (non-hydrogen) atoms. The van der Waals surface area contributed by atoms with E-state index in [0.29, 0.717) is 16.7 Å². The maximum atomic E-state index is 2.41. The van der Waals surface area contributed by atoms with Gasteiger partial charge < -0.3 is 0 Å². The molecule has 0 saturated carbocycles. The van der Waals surface area contributed by atoms with Crippen molar-refractivity contribution in [3.05, 3.63) is 36.0 Å². The van der Waals surface area contributed by atoms with E-state index in [0.717, 1.165) is 0 Å². The minimum absolute atomic E-state index is 0.331. The molecule has 1 atom stereocenters. The number of hydrogen-bond acceptors (Lipinski definition) is 0. The van der Waals surface area contributed by atoms with Crippen LogP contribution in [0.1, 0.15) is 81.1 Å². The second-order valence-electron chi connectivity index (χ2n) is 8.04. The first-order valence-electron chi connectivity index (χ1n) is 8.67. The van der Waals surface area contributed by atoms with Crippen molar-refractivity contribution in [2.75, 3.05) is 0 Å². The van der Waals surface area contributed by atoms with Crippen LogP contribution >= 0.6 is 0 Å². The van der Waals surface area contributed by atoms with Crippen molar-refractivity contribution in [1.29, 1.82) is 0 Å². The third-order valence-electron chi connectivity index (χ3n) is 4.31. The van der Waals surface area contributed by atoms with E-state index in [1.165, 1.54) is 31.3 Å². The highest BCUT2D eigenvalue weighted by Gasteiger charge is 2.32. The number of rotatable bonds is 8. The molecule has 0 N–H and O–H groups in total. The monoisotopic (exact) mass is 290 g/mol. The Bertz CT molecular complexity index is 358. The van der Waals surface area contributed by atoms with Gasteiger partial charge in [0.15, 0.2) is 0 Å². The van der Waals surface area contributed by atoms with Gasteiger partial charge >= 0.3 is 0 Å². The molecule has 0 saturated heterocycles. The van der Waals surface area contributed by atoms with Crippen LogP contribution in [0.3, 0.4) is 0 Å². The fourth-order valence-electron chi connectivity index (χ4n) is 2.63. The summed E-state index contributed by atoms with van der Waals surface area (Å²) in [4.78, 5) is 0. The quantitative estimate of drug-likeness (QED) is 0.410. The molecule has 0 bridgehead atoms. The first-order chi connectivity index (χ1) is 9.68. The Morgan fingerprint density at radius 2 is 1.67 bits per heavy atom. The van der Waals surface area contributed by atoms with Crippen LogP contribution in [0.25, 0.3) is 0 Å². The standard InChI is InChI=1S/C21H38/c1-9-12-13-14-16-18(15-10-2)19(17-20(4,5)6)21(7,8)11-3/h10,13-16,19H,9,11-12,17H2,1-8H3. The van der Waals surface area contributed by atoms with Crippen LogP contribution in [0.5, 0.6) is 0 Å². The van der Waals surface area contributed by atoms with E-state index >= 15 is 0 Å². The van der Waals surface area contributed by atoms with E-state index in [9.17, 15) is 0 Å². The van der Waals surface area contributed by atoms with Gasteiger partial charge in [0.2, 0.25) is 0 Å². The number of hydrogen-bond donors (Lipinski definition) is 0. The van der Waals surface area contributed by atoms with Crippen LogP contribution < -0.4 is 0 Å². The fourth-order valence-corrected chi connectivity index (χ4v) is 2.63. The van der Waals surface area contributed by atoms with Gasteiger partial charge in [-0.2, -0.15) is 0 Å². The minimum Gasteiger partial charge on any atom is -0.0874 e. The van der Waals surface area contributed by atoms with E-state index in [2.05, 4.69) is 85.8 Å². The van der Waals surface area contributed by atoms with Gasteiger partial charge in [-0.15, -0.1) is 0 Å². The lowest BCUT2D eigenvalue weighted by molar-refractivity contribution is 0.174. The Morgan fingerprint density at radius 3 is 2.10 bits per heavy atom. The van der Waals surface area contributed by atoms with E-state index in [4.69, 9.17) is 0 Å². The lowest BCUT2D eigenvalue weighted by atomic mass is 9.66. The summed E-state index contributed by atoms with van der Waals surface area (Å²) in [5.74, 6) is 0.602. The summed E-state index contributed by atoms with van der Waals surface area (Å²) >= 11 is 0. The summed E-state index contributed by atoms with van der Waals surface area (Å²) in [6.07, 6.45) is 16.2. The molecule has 0 aliphatic heterocycles. The van der Waals surface area contributed by atoms with Gasteiger partial charge in [-0.1, -0.05) is 91.7 Å². The molecule has 122 valence electrons. The van der Waals surface area contributed by atoms with Gasteiger partial charge in [0.05, 0.1) is 0 Å². The van der Waals surface area contributed by atoms with Crippen LogP contribution in [-0.2, 0) is 0 Å². The molecule has 0 amide bonds. The summed E-state index contributed by atoms with van der Waals surface area (Å²) in [5, 5.41) is 0. The van der Waals surface area contributed by atoms with Crippen molar-refractivity contribution in [3.8, 4) is 0 Å². The van der Waals surface area contributed by atoms with Crippen LogP contribution in [0.15, 0.2) is 36.0 Å². The molecular formula is C21H38. The fraction of sp³-hybridized carbons (Fsp3) is 0.714. The Labute approximate surface area is 134 Å². The van der Waals surface area contributed by atoms with Crippen molar-refractivity contribution in [2.24, 2.45) is 16.7 Å². The predicted octanol–water partition coefficient (Wildman–Crippen LogP) is 7.33. The maximum Gasteiger partial charge on any atom is -0.0106 e. The highest BCUT2D eigenvalue weighted by Crippen LogP contribution is 2.43. The molecule has 0 aromatic rings. The Hall–Kier alpha value is -0.780. The van der Waals surface area contributed by atoms with Crippen molar-refractivity contribution < 1.29 is 0 Å². The molecule has 1 unspecified atom stereocenters. The average molecular weight is 291 g/mol. The number of allylic oxidation sites excluding steroid dienone is 6. The van der Waals surface area contributed by atoms with E-state index in [1.54, 1.807) is 0 Å². The highest BCUT2D eigenvalue weighted by atomic mass is 14.4.